The summed E-state index contributed by atoms with van der Waals surface area (Å²) < 4.78 is 19.7. The van der Waals surface area contributed by atoms with Gasteiger partial charge in [0.15, 0.2) is 0 Å². The van der Waals surface area contributed by atoms with Crippen molar-refractivity contribution in [3.05, 3.63) is 35.6 Å². The molecule has 1 aliphatic heterocycles. The van der Waals surface area contributed by atoms with Gasteiger partial charge in [-0.25, -0.2) is 4.39 Å². The van der Waals surface area contributed by atoms with E-state index in [9.17, 15) is 4.39 Å². The van der Waals surface area contributed by atoms with Crippen LogP contribution in [0.3, 0.4) is 0 Å². The second kappa shape index (κ2) is 8.47. The molecule has 0 spiro atoms. The number of hydrogen-bond donors (Lipinski definition) is 1. The fraction of sp³-hybridized carbons (Fsp3) is 0.647. The van der Waals surface area contributed by atoms with Crippen LogP contribution in [0.25, 0.3) is 0 Å². The maximum atomic E-state index is 14.0. The van der Waals surface area contributed by atoms with Crippen LogP contribution < -0.4 is 5.32 Å². The van der Waals surface area contributed by atoms with E-state index < -0.39 is 0 Å². The average Bonchev–Trinajstić information content (AvgIpc) is 2.68. The molecule has 0 amide bonds. The Morgan fingerprint density at radius 1 is 1.43 bits per heavy atom. The zero-order chi connectivity index (χ0) is 15.1. The molecule has 0 saturated carbocycles. The number of rotatable bonds is 6. The molecule has 1 saturated heterocycles. The Hall–Kier alpha value is -0.970. The number of benzene rings is 1. The summed E-state index contributed by atoms with van der Waals surface area (Å²) >= 11 is 0. The first kappa shape index (κ1) is 16.4. The van der Waals surface area contributed by atoms with Crippen molar-refractivity contribution in [2.45, 2.75) is 38.8 Å². The van der Waals surface area contributed by atoms with Gasteiger partial charge in [0, 0.05) is 37.8 Å². The first-order valence-corrected chi connectivity index (χ1v) is 8.02. The summed E-state index contributed by atoms with van der Waals surface area (Å²) in [6.07, 6.45) is 2.29. The Morgan fingerprint density at radius 2 is 2.24 bits per heavy atom. The van der Waals surface area contributed by atoms with Crippen LogP contribution in [-0.4, -0.2) is 43.8 Å². The van der Waals surface area contributed by atoms with Gasteiger partial charge in [0.05, 0.1) is 6.10 Å². The number of halogens is 1. The molecular weight excluding hydrogens is 267 g/mol. The Labute approximate surface area is 127 Å². The van der Waals surface area contributed by atoms with Gasteiger partial charge in [0.2, 0.25) is 0 Å². The van der Waals surface area contributed by atoms with Crippen molar-refractivity contribution in [3.63, 3.8) is 0 Å². The van der Waals surface area contributed by atoms with Crippen molar-refractivity contribution in [1.82, 2.24) is 10.2 Å². The van der Waals surface area contributed by atoms with Gasteiger partial charge in [-0.1, -0.05) is 25.1 Å². The van der Waals surface area contributed by atoms with Gasteiger partial charge in [0.25, 0.3) is 0 Å². The third kappa shape index (κ3) is 5.06. The molecule has 2 unspecified atom stereocenters. The summed E-state index contributed by atoms with van der Waals surface area (Å²) in [6.45, 7) is 8.89. The van der Waals surface area contributed by atoms with E-state index in [4.69, 9.17) is 4.74 Å². The van der Waals surface area contributed by atoms with Gasteiger partial charge >= 0.3 is 0 Å². The molecular formula is C17H27FN2O. The Balaban J connectivity index is 1.95. The van der Waals surface area contributed by atoms with Crippen LogP contribution in [-0.2, 0) is 4.74 Å². The maximum absolute atomic E-state index is 14.0. The Morgan fingerprint density at radius 3 is 3.00 bits per heavy atom. The van der Waals surface area contributed by atoms with E-state index in [1.807, 2.05) is 12.1 Å². The van der Waals surface area contributed by atoms with E-state index in [1.54, 1.807) is 12.1 Å². The van der Waals surface area contributed by atoms with Gasteiger partial charge in [-0.15, -0.1) is 0 Å². The monoisotopic (exact) mass is 294 g/mol. The molecule has 1 aliphatic rings. The largest absolute Gasteiger partial charge is 0.377 e. The van der Waals surface area contributed by atoms with Gasteiger partial charge in [-0.2, -0.15) is 0 Å². The fourth-order valence-electron chi connectivity index (χ4n) is 2.97. The lowest BCUT2D eigenvalue weighted by Crippen LogP contribution is -2.34. The van der Waals surface area contributed by atoms with Gasteiger partial charge in [0.1, 0.15) is 5.82 Å². The molecule has 2 rings (SSSR count). The van der Waals surface area contributed by atoms with Crippen molar-refractivity contribution in [2.75, 3.05) is 32.8 Å². The zero-order valence-electron chi connectivity index (χ0n) is 13.1. The molecule has 0 aliphatic carbocycles. The second-order valence-corrected chi connectivity index (χ2v) is 5.76. The minimum absolute atomic E-state index is 0.0793. The number of nitrogens with one attached hydrogen (secondary N) is 1. The Bertz CT molecular complexity index is 427. The lowest BCUT2D eigenvalue weighted by atomic mass is 10.0. The minimum Gasteiger partial charge on any atom is -0.377 e. The van der Waals surface area contributed by atoms with Crippen LogP contribution >= 0.6 is 0 Å². The molecule has 0 radical (unpaired) electrons. The summed E-state index contributed by atoms with van der Waals surface area (Å²) in [7, 11) is 0. The average molecular weight is 294 g/mol. The lowest BCUT2D eigenvalue weighted by molar-refractivity contribution is 0.0672. The van der Waals surface area contributed by atoms with Gasteiger partial charge in [-0.05, 0) is 32.4 Å². The van der Waals surface area contributed by atoms with E-state index in [-0.39, 0.29) is 11.9 Å². The quantitative estimate of drug-likeness (QED) is 0.873. The highest BCUT2D eigenvalue weighted by Crippen LogP contribution is 2.21. The van der Waals surface area contributed by atoms with Crippen LogP contribution in [0.2, 0.25) is 0 Å². The number of nitrogens with zero attached hydrogens (tertiary/aromatic N) is 1. The third-order valence-electron chi connectivity index (χ3n) is 4.00. The predicted molar refractivity (Wildman–Crippen MR) is 83.9 cm³/mol. The summed E-state index contributed by atoms with van der Waals surface area (Å²) in [5, 5.41) is 3.41. The molecule has 1 N–H and O–H groups in total. The van der Waals surface area contributed by atoms with E-state index >= 15 is 0 Å². The van der Waals surface area contributed by atoms with E-state index in [2.05, 4.69) is 24.1 Å². The highest BCUT2D eigenvalue weighted by Gasteiger charge is 2.18. The molecule has 118 valence electrons. The zero-order valence-corrected chi connectivity index (χ0v) is 13.1. The van der Waals surface area contributed by atoms with E-state index in [0.29, 0.717) is 6.10 Å². The SMILES string of the molecule is CCNC(CCN1CCCOC(C)C1)c1ccccc1F. The van der Waals surface area contributed by atoms with E-state index in [1.165, 1.54) is 0 Å². The van der Waals surface area contributed by atoms with Crippen LogP contribution in [0.1, 0.15) is 38.3 Å². The molecule has 21 heavy (non-hydrogen) atoms. The fourth-order valence-corrected chi connectivity index (χ4v) is 2.97. The predicted octanol–water partition coefficient (Wildman–Crippen LogP) is 2.98. The van der Waals surface area contributed by atoms with Crippen molar-refractivity contribution >= 4 is 0 Å². The first-order chi connectivity index (χ1) is 10.2. The molecule has 4 heteroatoms. The molecule has 0 aromatic heterocycles. The first-order valence-electron chi connectivity index (χ1n) is 8.02. The van der Waals surface area contributed by atoms with Crippen molar-refractivity contribution in [3.8, 4) is 0 Å². The van der Waals surface area contributed by atoms with Crippen molar-refractivity contribution in [2.24, 2.45) is 0 Å². The maximum Gasteiger partial charge on any atom is 0.127 e. The summed E-state index contributed by atoms with van der Waals surface area (Å²) in [4.78, 5) is 2.43. The highest BCUT2D eigenvalue weighted by molar-refractivity contribution is 5.21. The topological polar surface area (TPSA) is 24.5 Å². The molecule has 0 bridgehead atoms. The third-order valence-corrected chi connectivity index (χ3v) is 4.00. The van der Waals surface area contributed by atoms with Crippen molar-refractivity contribution in [1.29, 1.82) is 0 Å². The van der Waals surface area contributed by atoms with E-state index in [0.717, 1.165) is 51.2 Å². The molecule has 1 heterocycles. The standard InChI is InChI=1S/C17H27FN2O/c1-3-19-17(15-7-4-5-8-16(15)18)9-11-20-10-6-12-21-14(2)13-20/h4-5,7-8,14,17,19H,3,6,9-13H2,1-2H3. The van der Waals surface area contributed by atoms with Crippen LogP contribution in [0.5, 0.6) is 0 Å². The highest BCUT2D eigenvalue weighted by atomic mass is 19.1. The minimum atomic E-state index is -0.115. The molecule has 3 nitrogen and oxygen atoms in total. The smallest absolute Gasteiger partial charge is 0.127 e. The number of hydrogen-bond acceptors (Lipinski definition) is 3. The molecule has 1 fully saturated rings. The van der Waals surface area contributed by atoms with Gasteiger partial charge < -0.3 is 15.0 Å². The number of ether oxygens (including phenoxy) is 1. The molecule has 1 aromatic rings. The molecule has 2 atom stereocenters. The second-order valence-electron chi connectivity index (χ2n) is 5.76. The van der Waals surface area contributed by atoms with Gasteiger partial charge in [-0.3, -0.25) is 0 Å². The Kier molecular flexibility index (Phi) is 6.61. The summed E-state index contributed by atoms with van der Waals surface area (Å²) in [5.41, 5.74) is 0.776. The summed E-state index contributed by atoms with van der Waals surface area (Å²) in [5.74, 6) is -0.115. The van der Waals surface area contributed by atoms with Crippen LogP contribution in [0, 0.1) is 5.82 Å². The van der Waals surface area contributed by atoms with Crippen LogP contribution in [0.15, 0.2) is 24.3 Å². The normalized spacial score (nSPS) is 22.0. The van der Waals surface area contributed by atoms with Crippen molar-refractivity contribution < 1.29 is 9.13 Å². The summed E-state index contributed by atoms with van der Waals surface area (Å²) in [6, 6.07) is 7.16. The lowest BCUT2D eigenvalue weighted by Gasteiger charge is -2.25. The van der Waals surface area contributed by atoms with Crippen LogP contribution in [0.4, 0.5) is 4.39 Å². The molecule has 1 aromatic carbocycles.